The molecule has 3 N–H and O–H groups in total. The molecule has 2 aromatic heterocycles. The second-order valence-corrected chi connectivity index (χ2v) is 6.63. The zero-order chi connectivity index (χ0) is 14.3. The van der Waals surface area contributed by atoms with Crippen LogP contribution in [0.25, 0.3) is 10.2 Å². The molecule has 1 aromatic carbocycles. The highest BCUT2D eigenvalue weighted by atomic mass is 35.5. The van der Waals surface area contributed by atoms with Crippen molar-refractivity contribution in [1.29, 1.82) is 0 Å². The first kappa shape index (κ1) is 13.4. The molecular formula is C13H10ClN3OS2. The van der Waals surface area contributed by atoms with E-state index in [1.807, 2.05) is 19.1 Å². The van der Waals surface area contributed by atoms with Gasteiger partial charge in [-0.15, -0.1) is 11.3 Å². The molecule has 0 saturated carbocycles. The summed E-state index contributed by atoms with van der Waals surface area (Å²) in [4.78, 5) is 16.9. The molecule has 0 unspecified atom stereocenters. The fraction of sp³-hybridized carbons (Fsp3) is 0.0769. The summed E-state index contributed by atoms with van der Waals surface area (Å²) >= 11 is 8.67. The second-order valence-electron chi connectivity index (χ2n) is 4.24. The van der Waals surface area contributed by atoms with E-state index in [4.69, 9.17) is 17.3 Å². The molecule has 2 heterocycles. The Morgan fingerprint density at radius 2 is 2.25 bits per heavy atom. The van der Waals surface area contributed by atoms with Crippen molar-refractivity contribution >= 4 is 61.2 Å². The number of carbonyl (C=O) groups is 1. The number of carbonyl (C=O) groups excluding carboxylic acids is 1. The Kier molecular flexibility index (Phi) is 3.37. The largest absolute Gasteiger partial charge is 0.375 e. The minimum absolute atomic E-state index is 0.207. The van der Waals surface area contributed by atoms with Gasteiger partial charge in [0.1, 0.15) is 4.88 Å². The van der Waals surface area contributed by atoms with E-state index in [0.717, 1.165) is 15.8 Å². The topological polar surface area (TPSA) is 68.0 Å². The number of thiophene rings is 1. The summed E-state index contributed by atoms with van der Waals surface area (Å²) in [5.74, 6) is -0.207. The van der Waals surface area contributed by atoms with Crippen LogP contribution < -0.4 is 11.1 Å². The molecule has 0 aliphatic heterocycles. The van der Waals surface area contributed by atoms with Crippen LogP contribution in [0, 0.1) is 6.92 Å². The smallest absolute Gasteiger partial charge is 0.267 e. The van der Waals surface area contributed by atoms with Gasteiger partial charge < -0.3 is 11.1 Å². The fourth-order valence-corrected chi connectivity index (χ4v) is 3.82. The standard InChI is InChI=1S/C13H10ClN3OS2/c1-6-4-7(5-9-10(6)17-13(15)20-9)16-12(18)11-8(14)2-3-19-11/h2-5H,1H3,(H2,15,17)(H,16,18). The predicted octanol–water partition coefficient (Wildman–Crippen LogP) is 4.15. The average Bonchev–Trinajstić information content (AvgIpc) is 2.94. The molecule has 102 valence electrons. The number of rotatable bonds is 2. The molecule has 0 bridgehead atoms. The number of halogens is 1. The number of aryl methyl sites for hydroxylation is 1. The number of hydrogen-bond donors (Lipinski definition) is 2. The number of fused-ring (bicyclic) bond motifs is 1. The van der Waals surface area contributed by atoms with Crippen molar-refractivity contribution in [3.05, 3.63) is 39.0 Å². The molecule has 3 aromatic rings. The van der Waals surface area contributed by atoms with Crippen LogP contribution in [-0.2, 0) is 0 Å². The highest BCUT2D eigenvalue weighted by molar-refractivity contribution is 7.22. The third-order valence-corrected chi connectivity index (χ3v) is 4.96. The summed E-state index contributed by atoms with van der Waals surface area (Å²) in [6.45, 7) is 1.94. The Morgan fingerprint density at radius 1 is 1.45 bits per heavy atom. The number of benzene rings is 1. The average molecular weight is 324 g/mol. The third kappa shape index (κ3) is 2.37. The molecule has 4 nitrogen and oxygen atoms in total. The number of amides is 1. The van der Waals surface area contributed by atoms with E-state index in [-0.39, 0.29) is 5.91 Å². The molecule has 1 amide bonds. The van der Waals surface area contributed by atoms with Gasteiger partial charge in [-0.1, -0.05) is 22.9 Å². The second kappa shape index (κ2) is 5.05. The van der Waals surface area contributed by atoms with E-state index in [9.17, 15) is 4.79 Å². The SMILES string of the molecule is Cc1cc(NC(=O)c2sccc2Cl)cc2sc(N)nc12. The molecule has 0 fully saturated rings. The van der Waals surface area contributed by atoms with Crippen LogP contribution in [-0.4, -0.2) is 10.9 Å². The lowest BCUT2D eigenvalue weighted by Crippen LogP contribution is -2.10. The van der Waals surface area contributed by atoms with Crippen molar-refractivity contribution in [2.45, 2.75) is 6.92 Å². The number of nitrogens with zero attached hydrogens (tertiary/aromatic N) is 1. The van der Waals surface area contributed by atoms with Crippen molar-refractivity contribution in [3.63, 3.8) is 0 Å². The van der Waals surface area contributed by atoms with Crippen LogP contribution in [0.2, 0.25) is 5.02 Å². The summed E-state index contributed by atoms with van der Waals surface area (Å²) in [7, 11) is 0. The summed E-state index contributed by atoms with van der Waals surface area (Å²) in [6, 6.07) is 5.45. The van der Waals surface area contributed by atoms with E-state index in [2.05, 4.69) is 10.3 Å². The fourth-order valence-electron chi connectivity index (χ4n) is 1.93. The van der Waals surface area contributed by atoms with E-state index < -0.39 is 0 Å². The number of anilines is 2. The molecule has 0 saturated heterocycles. The number of nitrogen functional groups attached to an aromatic ring is 1. The number of aromatic nitrogens is 1. The van der Waals surface area contributed by atoms with Gasteiger partial charge in [0.25, 0.3) is 5.91 Å². The van der Waals surface area contributed by atoms with Crippen molar-refractivity contribution < 1.29 is 4.79 Å². The molecule has 20 heavy (non-hydrogen) atoms. The highest BCUT2D eigenvalue weighted by Gasteiger charge is 2.13. The van der Waals surface area contributed by atoms with Crippen molar-refractivity contribution in [1.82, 2.24) is 4.98 Å². The lowest BCUT2D eigenvalue weighted by Gasteiger charge is -2.05. The Morgan fingerprint density at radius 3 is 2.95 bits per heavy atom. The van der Waals surface area contributed by atoms with Gasteiger partial charge in [-0.25, -0.2) is 4.98 Å². The lowest BCUT2D eigenvalue weighted by molar-refractivity contribution is 0.103. The minimum Gasteiger partial charge on any atom is -0.375 e. The quantitative estimate of drug-likeness (QED) is 0.744. The maximum Gasteiger partial charge on any atom is 0.267 e. The maximum absolute atomic E-state index is 12.1. The normalized spacial score (nSPS) is 10.9. The number of hydrogen-bond acceptors (Lipinski definition) is 5. The van der Waals surface area contributed by atoms with Gasteiger partial charge in [0.05, 0.1) is 15.2 Å². The first-order chi connectivity index (χ1) is 9.54. The Bertz CT molecular complexity index is 809. The van der Waals surface area contributed by atoms with E-state index >= 15 is 0 Å². The summed E-state index contributed by atoms with van der Waals surface area (Å²) in [5, 5.41) is 5.63. The zero-order valence-corrected chi connectivity index (χ0v) is 12.8. The van der Waals surface area contributed by atoms with Gasteiger partial charge in [-0.3, -0.25) is 4.79 Å². The Labute approximate surface area is 128 Å². The molecule has 0 spiro atoms. The van der Waals surface area contributed by atoms with Gasteiger partial charge in [-0.05, 0) is 36.1 Å². The molecule has 0 radical (unpaired) electrons. The Balaban J connectivity index is 1.95. The highest BCUT2D eigenvalue weighted by Crippen LogP contribution is 2.30. The molecule has 0 aliphatic rings. The Hall–Kier alpha value is -1.63. The van der Waals surface area contributed by atoms with Crippen molar-refractivity contribution in [2.24, 2.45) is 0 Å². The first-order valence-corrected chi connectivity index (χ1v) is 7.83. The van der Waals surface area contributed by atoms with E-state index in [1.165, 1.54) is 22.7 Å². The van der Waals surface area contributed by atoms with Crippen LogP contribution in [0.4, 0.5) is 10.8 Å². The van der Waals surface area contributed by atoms with E-state index in [0.29, 0.717) is 20.7 Å². The first-order valence-electron chi connectivity index (χ1n) is 5.75. The summed E-state index contributed by atoms with van der Waals surface area (Å²) in [5.41, 5.74) is 8.28. The number of thiazole rings is 1. The minimum atomic E-state index is -0.207. The van der Waals surface area contributed by atoms with Crippen LogP contribution in [0.15, 0.2) is 23.6 Å². The van der Waals surface area contributed by atoms with Gasteiger partial charge in [0.15, 0.2) is 5.13 Å². The van der Waals surface area contributed by atoms with Crippen molar-refractivity contribution in [2.75, 3.05) is 11.1 Å². The molecule has 3 rings (SSSR count). The monoisotopic (exact) mass is 323 g/mol. The van der Waals surface area contributed by atoms with Crippen LogP contribution >= 0.6 is 34.3 Å². The van der Waals surface area contributed by atoms with E-state index in [1.54, 1.807) is 11.4 Å². The van der Waals surface area contributed by atoms with Gasteiger partial charge in [0, 0.05) is 5.69 Å². The number of nitrogens with one attached hydrogen (secondary N) is 1. The van der Waals surface area contributed by atoms with Crippen molar-refractivity contribution in [3.8, 4) is 0 Å². The summed E-state index contributed by atoms with van der Waals surface area (Å²) in [6.07, 6.45) is 0. The van der Waals surface area contributed by atoms with Gasteiger partial charge in [0.2, 0.25) is 0 Å². The molecular weight excluding hydrogens is 314 g/mol. The maximum atomic E-state index is 12.1. The number of nitrogens with two attached hydrogens (primary N) is 1. The summed E-state index contributed by atoms with van der Waals surface area (Å²) < 4.78 is 0.954. The van der Waals surface area contributed by atoms with Crippen LogP contribution in [0.3, 0.4) is 0 Å². The third-order valence-electron chi connectivity index (χ3n) is 2.78. The molecule has 7 heteroatoms. The lowest BCUT2D eigenvalue weighted by atomic mass is 10.2. The molecule has 0 aliphatic carbocycles. The van der Waals surface area contributed by atoms with Gasteiger partial charge in [-0.2, -0.15) is 0 Å². The zero-order valence-electron chi connectivity index (χ0n) is 10.4. The molecule has 0 atom stereocenters. The van der Waals surface area contributed by atoms with Crippen LogP contribution in [0.1, 0.15) is 15.2 Å². The predicted molar refractivity (Wildman–Crippen MR) is 86.1 cm³/mol. The van der Waals surface area contributed by atoms with Crippen LogP contribution in [0.5, 0.6) is 0 Å². The van der Waals surface area contributed by atoms with Gasteiger partial charge >= 0.3 is 0 Å².